The zero-order chi connectivity index (χ0) is 14.3. The lowest BCUT2D eigenvalue weighted by atomic mass is 10.1. The van der Waals surface area contributed by atoms with Crippen LogP contribution in [0.2, 0.25) is 5.02 Å². The van der Waals surface area contributed by atoms with E-state index in [1.54, 1.807) is 0 Å². The SMILES string of the molecule is CCC(CC)NC(=O)C(C)NCc1cccc(Cl)c1. The Kier molecular flexibility index (Phi) is 6.89. The molecule has 0 saturated carbocycles. The average Bonchev–Trinajstić information content (AvgIpc) is 2.41. The van der Waals surface area contributed by atoms with Crippen molar-refractivity contribution in [1.29, 1.82) is 0 Å². The molecule has 0 aromatic heterocycles. The summed E-state index contributed by atoms with van der Waals surface area (Å²) in [4.78, 5) is 12.0. The molecule has 3 nitrogen and oxygen atoms in total. The van der Waals surface area contributed by atoms with E-state index in [1.807, 2.05) is 31.2 Å². The van der Waals surface area contributed by atoms with Crippen LogP contribution in [-0.2, 0) is 11.3 Å². The smallest absolute Gasteiger partial charge is 0.237 e. The summed E-state index contributed by atoms with van der Waals surface area (Å²) >= 11 is 5.92. The number of carbonyl (C=O) groups is 1. The van der Waals surface area contributed by atoms with E-state index in [9.17, 15) is 4.79 Å². The maximum absolute atomic E-state index is 12.0. The van der Waals surface area contributed by atoms with E-state index in [0.29, 0.717) is 11.6 Å². The number of nitrogens with one attached hydrogen (secondary N) is 2. The number of hydrogen-bond acceptors (Lipinski definition) is 2. The topological polar surface area (TPSA) is 41.1 Å². The summed E-state index contributed by atoms with van der Waals surface area (Å²) in [6.45, 7) is 6.68. The van der Waals surface area contributed by atoms with Crippen LogP contribution in [0.4, 0.5) is 0 Å². The first-order valence-corrected chi connectivity index (χ1v) is 7.22. The Morgan fingerprint density at radius 2 is 2.00 bits per heavy atom. The number of hydrogen-bond donors (Lipinski definition) is 2. The molecule has 0 radical (unpaired) electrons. The van der Waals surface area contributed by atoms with Gasteiger partial charge in [-0.15, -0.1) is 0 Å². The second-order valence-electron chi connectivity index (χ2n) is 4.75. The van der Waals surface area contributed by atoms with Crippen LogP contribution < -0.4 is 10.6 Å². The van der Waals surface area contributed by atoms with Crippen molar-refractivity contribution in [1.82, 2.24) is 10.6 Å². The van der Waals surface area contributed by atoms with Gasteiger partial charge in [0.1, 0.15) is 0 Å². The van der Waals surface area contributed by atoms with Crippen LogP contribution in [0.15, 0.2) is 24.3 Å². The Bertz CT molecular complexity index is 405. The van der Waals surface area contributed by atoms with Gasteiger partial charge in [-0.1, -0.05) is 37.6 Å². The van der Waals surface area contributed by atoms with Crippen molar-refractivity contribution in [2.24, 2.45) is 0 Å². The van der Waals surface area contributed by atoms with Crippen molar-refractivity contribution >= 4 is 17.5 Å². The zero-order valence-corrected chi connectivity index (χ0v) is 12.6. The van der Waals surface area contributed by atoms with E-state index in [1.165, 1.54) is 0 Å². The Labute approximate surface area is 120 Å². The molecule has 1 aromatic carbocycles. The molecule has 0 aliphatic heterocycles. The largest absolute Gasteiger partial charge is 0.352 e. The Balaban J connectivity index is 2.42. The summed E-state index contributed by atoms with van der Waals surface area (Å²) in [5.74, 6) is 0.0516. The predicted octanol–water partition coefficient (Wildman–Crippen LogP) is 3.12. The van der Waals surface area contributed by atoms with Crippen LogP contribution in [0.1, 0.15) is 39.2 Å². The maximum Gasteiger partial charge on any atom is 0.237 e. The highest BCUT2D eigenvalue weighted by Gasteiger charge is 2.15. The van der Waals surface area contributed by atoms with Crippen molar-refractivity contribution in [3.63, 3.8) is 0 Å². The van der Waals surface area contributed by atoms with Gasteiger partial charge in [0.25, 0.3) is 0 Å². The molecule has 0 heterocycles. The molecule has 0 aliphatic rings. The average molecular weight is 283 g/mol. The lowest BCUT2D eigenvalue weighted by Crippen LogP contribution is -2.45. The van der Waals surface area contributed by atoms with Crippen LogP contribution in [-0.4, -0.2) is 18.0 Å². The third-order valence-corrected chi connectivity index (χ3v) is 3.46. The van der Waals surface area contributed by atoms with E-state index in [0.717, 1.165) is 18.4 Å². The monoisotopic (exact) mass is 282 g/mol. The maximum atomic E-state index is 12.0. The van der Waals surface area contributed by atoms with Gasteiger partial charge in [-0.2, -0.15) is 0 Å². The van der Waals surface area contributed by atoms with Gasteiger partial charge < -0.3 is 10.6 Å². The molecule has 1 aromatic rings. The summed E-state index contributed by atoms with van der Waals surface area (Å²) in [5, 5.41) is 6.96. The molecule has 0 spiro atoms. The standard InChI is InChI=1S/C15H23ClN2O/c1-4-14(5-2)18-15(19)11(3)17-10-12-7-6-8-13(16)9-12/h6-9,11,14,17H,4-5,10H2,1-3H3,(H,18,19). The highest BCUT2D eigenvalue weighted by atomic mass is 35.5. The second-order valence-corrected chi connectivity index (χ2v) is 5.19. The fourth-order valence-electron chi connectivity index (χ4n) is 1.83. The van der Waals surface area contributed by atoms with Crippen molar-refractivity contribution in [3.05, 3.63) is 34.9 Å². The molecule has 2 N–H and O–H groups in total. The normalized spacial score (nSPS) is 12.5. The molecule has 1 rings (SSSR count). The molecule has 0 bridgehead atoms. The molecular formula is C15H23ClN2O. The molecule has 1 amide bonds. The number of halogens is 1. The van der Waals surface area contributed by atoms with Gasteiger partial charge in [0.05, 0.1) is 6.04 Å². The van der Waals surface area contributed by atoms with Crippen LogP contribution in [0.3, 0.4) is 0 Å². The first-order chi connectivity index (χ1) is 9.06. The van der Waals surface area contributed by atoms with Gasteiger partial charge >= 0.3 is 0 Å². The van der Waals surface area contributed by atoms with E-state index in [4.69, 9.17) is 11.6 Å². The first-order valence-electron chi connectivity index (χ1n) is 6.85. The minimum atomic E-state index is -0.209. The van der Waals surface area contributed by atoms with Crippen LogP contribution in [0.5, 0.6) is 0 Å². The van der Waals surface area contributed by atoms with Crippen LogP contribution in [0.25, 0.3) is 0 Å². The van der Waals surface area contributed by atoms with Gasteiger partial charge in [-0.25, -0.2) is 0 Å². The van der Waals surface area contributed by atoms with Crippen molar-refractivity contribution in [3.8, 4) is 0 Å². The second kappa shape index (κ2) is 8.18. The zero-order valence-electron chi connectivity index (χ0n) is 11.9. The van der Waals surface area contributed by atoms with Gasteiger partial charge in [0.15, 0.2) is 0 Å². The van der Waals surface area contributed by atoms with Crippen LogP contribution >= 0.6 is 11.6 Å². The summed E-state index contributed by atoms with van der Waals surface area (Å²) < 4.78 is 0. The summed E-state index contributed by atoms with van der Waals surface area (Å²) in [5.41, 5.74) is 1.08. The number of amides is 1. The van der Waals surface area contributed by atoms with Crippen LogP contribution in [0, 0.1) is 0 Å². The minimum Gasteiger partial charge on any atom is -0.352 e. The lowest BCUT2D eigenvalue weighted by Gasteiger charge is -2.19. The Hall–Kier alpha value is -1.06. The van der Waals surface area contributed by atoms with Gasteiger partial charge in [-0.3, -0.25) is 4.79 Å². The van der Waals surface area contributed by atoms with Crippen molar-refractivity contribution in [2.75, 3.05) is 0 Å². The molecule has 1 atom stereocenters. The van der Waals surface area contributed by atoms with E-state index in [-0.39, 0.29) is 18.0 Å². The fourth-order valence-corrected chi connectivity index (χ4v) is 2.04. The quantitative estimate of drug-likeness (QED) is 0.807. The summed E-state index contributed by atoms with van der Waals surface area (Å²) in [7, 11) is 0. The third-order valence-electron chi connectivity index (χ3n) is 3.23. The minimum absolute atomic E-state index is 0.0516. The number of benzene rings is 1. The third kappa shape index (κ3) is 5.62. The summed E-state index contributed by atoms with van der Waals surface area (Å²) in [6, 6.07) is 7.70. The highest BCUT2D eigenvalue weighted by molar-refractivity contribution is 6.30. The number of carbonyl (C=O) groups excluding carboxylic acids is 1. The number of rotatable bonds is 7. The molecule has 106 valence electrons. The predicted molar refractivity (Wildman–Crippen MR) is 80.3 cm³/mol. The first kappa shape index (κ1) is 16.0. The van der Waals surface area contributed by atoms with Crippen molar-refractivity contribution < 1.29 is 4.79 Å². The molecular weight excluding hydrogens is 260 g/mol. The Morgan fingerprint density at radius 3 is 2.58 bits per heavy atom. The van der Waals surface area contributed by atoms with Gasteiger partial charge in [0.2, 0.25) is 5.91 Å². The van der Waals surface area contributed by atoms with E-state index >= 15 is 0 Å². The van der Waals surface area contributed by atoms with Gasteiger partial charge in [-0.05, 0) is 37.5 Å². The lowest BCUT2D eigenvalue weighted by molar-refractivity contribution is -0.123. The molecule has 0 saturated heterocycles. The molecule has 0 fully saturated rings. The fraction of sp³-hybridized carbons (Fsp3) is 0.533. The highest BCUT2D eigenvalue weighted by Crippen LogP contribution is 2.10. The van der Waals surface area contributed by atoms with Crippen molar-refractivity contribution in [2.45, 2.75) is 52.2 Å². The molecule has 0 aliphatic carbocycles. The van der Waals surface area contributed by atoms with E-state index in [2.05, 4.69) is 24.5 Å². The Morgan fingerprint density at radius 1 is 1.32 bits per heavy atom. The molecule has 19 heavy (non-hydrogen) atoms. The van der Waals surface area contributed by atoms with Gasteiger partial charge in [0, 0.05) is 17.6 Å². The molecule has 1 unspecified atom stereocenters. The summed E-state index contributed by atoms with van der Waals surface area (Å²) in [6.07, 6.45) is 1.92. The van der Waals surface area contributed by atoms with E-state index < -0.39 is 0 Å². The molecule has 4 heteroatoms.